The van der Waals surface area contributed by atoms with Gasteiger partial charge in [0.2, 0.25) is 0 Å². The third kappa shape index (κ3) is 2.82. The molecular formula is C11H20O2. The lowest BCUT2D eigenvalue weighted by atomic mass is 9.88. The molecule has 0 amide bonds. The first-order valence-electron chi connectivity index (χ1n) is 5.10. The molecule has 2 nitrogen and oxygen atoms in total. The number of aliphatic hydroxyl groups is 1. The van der Waals surface area contributed by atoms with E-state index in [-0.39, 0.29) is 12.7 Å². The van der Waals surface area contributed by atoms with Crippen LogP contribution in [-0.2, 0) is 4.74 Å². The summed E-state index contributed by atoms with van der Waals surface area (Å²) in [6.45, 7) is 8.55. The summed E-state index contributed by atoms with van der Waals surface area (Å²) in [7, 11) is 0. The van der Waals surface area contributed by atoms with Gasteiger partial charge in [-0.15, -0.1) is 0 Å². The van der Waals surface area contributed by atoms with Crippen LogP contribution in [0.15, 0.2) is 12.2 Å². The van der Waals surface area contributed by atoms with Crippen LogP contribution < -0.4 is 0 Å². The van der Waals surface area contributed by atoms with E-state index in [1.54, 1.807) is 0 Å². The average molecular weight is 184 g/mol. The summed E-state index contributed by atoms with van der Waals surface area (Å²) in [6, 6.07) is 0. The monoisotopic (exact) mass is 184 g/mol. The second-order valence-electron chi connectivity index (χ2n) is 3.98. The third-order valence-corrected chi connectivity index (χ3v) is 2.85. The van der Waals surface area contributed by atoms with E-state index in [4.69, 9.17) is 9.84 Å². The van der Waals surface area contributed by atoms with E-state index in [9.17, 15) is 0 Å². The highest BCUT2D eigenvalue weighted by atomic mass is 16.5. The van der Waals surface area contributed by atoms with Crippen LogP contribution in [0.5, 0.6) is 0 Å². The van der Waals surface area contributed by atoms with E-state index in [0.717, 1.165) is 19.3 Å². The molecule has 1 heterocycles. The number of aliphatic hydroxyl groups excluding tert-OH is 1. The zero-order chi connectivity index (χ0) is 9.84. The summed E-state index contributed by atoms with van der Waals surface area (Å²) < 4.78 is 5.76. The molecule has 1 saturated heterocycles. The van der Waals surface area contributed by atoms with Crippen LogP contribution in [0.2, 0.25) is 0 Å². The summed E-state index contributed by atoms with van der Waals surface area (Å²) in [6.07, 6.45) is 3.38. The van der Waals surface area contributed by atoms with Gasteiger partial charge in [-0.2, -0.15) is 0 Å². The smallest absolute Gasteiger partial charge is 0.0760 e. The molecule has 0 aromatic rings. The number of rotatable bonds is 3. The van der Waals surface area contributed by atoms with E-state index in [2.05, 4.69) is 20.4 Å². The van der Waals surface area contributed by atoms with Gasteiger partial charge in [-0.3, -0.25) is 0 Å². The lowest BCUT2D eigenvalue weighted by molar-refractivity contribution is -0.0299. The summed E-state index contributed by atoms with van der Waals surface area (Å²) in [4.78, 5) is 0. The molecule has 2 heteroatoms. The van der Waals surface area contributed by atoms with Crippen LogP contribution in [0.25, 0.3) is 0 Å². The molecule has 1 aliphatic heterocycles. The summed E-state index contributed by atoms with van der Waals surface area (Å²) in [5.74, 6) is 0.562. The van der Waals surface area contributed by atoms with Crippen LogP contribution in [-0.4, -0.2) is 23.9 Å². The Labute approximate surface area is 80.6 Å². The molecule has 0 spiro atoms. The second-order valence-corrected chi connectivity index (χ2v) is 3.98. The van der Waals surface area contributed by atoms with Crippen LogP contribution >= 0.6 is 0 Å². The summed E-state index contributed by atoms with van der Waals surface area (Å²) >= 11 is 0. The van der Waals surface area contributed by atoms with Gasteiger partial charge < -0.3 is 9.84 Å². The molecule has 3 atom stereocenters. The SMILES string of the molecule is C=C1C(C)CC(CCCO)OC1C. The lowest BCUT2D eigenvalue weighted by Crippen LogP contribution is -2.32. The molecule has 0 aliphatic carbocycles. The fourth-order valence-electron chi connectivity index (χ4n) is 1.88. The molecule has 1 rings (SSSR count). The quantitative estimate of drug-likeness (QED) is 0.681. The predicted octanol–water partition coefficient (Wildman–Crippen LogP) is 2.13. The standard InChI is InChI=1S/C11H20O2/c1-8-7-11(5-4-6-12)13-10(3)9(8)2/h8,10-12H,2,4-7H2,1,3H3. The van der Waals surface area contributed by atoms with Crippen molar-refractivity contribution in [1.82, 2.24) is 0 Å². The van der Waals surface area contributed by atoms with Gasteiger partial charge in [0, 0.05) is 6.61 Å². The molecule has 3 unspecified atom stereocenters. The zero-order valence-electron chi connectivity index (χ0n) is 8.62. The Bertz CT molecular complexity index is 163. The van der Waals surface area contributed by atoms with E-state index in [1.165, 1.54) is 5.57 Å². The Kier molecular flexibility index (Phi) is 3.94. The van der Waals surface area contributed by atoms with Crippen molar-refractivity contribution < 1.29 is 9.84 Å². The van der Waals surface area contributed by atoms with Gasteiger partial charge in [-0.05, 0) is 37.7 Å². The van der Waals surface area contributed by atoms with Crippen molar-refractivity contribution in [1.29, 1.82) is 0 Å². The Morgan fingerprint density at radius 1 is 1.54 bits per heavy atom. The molecule has 0 aromatic heterocycles. The van der Waals surface area contributed by atoms with Gasteiger partial charge in [0.1, 0.15) is 0 Å². The van der Waals surface area contributed by atoms with E-state index >= 15 is 0 Å². The Balaban J connectivity index is 2.39. The summed E-state index contributed by atoms with van der Waals surface area (Å²) in [5, 5.41) is 8.71. The van der Waals surface area contributed by atoms with Crippen LogP contribution in [0.1, 0.15) is 33.1 Å². The topological polar surface area (TPSA) is 29.5 Å². The molecule has 1 fully saturated rings. The fourth-order valence-corrected chi connectivity index (χ4v) is 1.88. The minimum atomic E-state index is 0.187. The van der Waals surface area contributed by atoms with Gasteiger partial charge in [0.05, 0.1) is 12.2 Å². The number of hydrogen-bond acceptors (Lipinski definition) is 2. The average Bonchev–Trinajstić information content (AvgIpc) is 2.10. The van der Waals surface area contributed by atoms with Crippen molar-refractivity contribution >= 4 is 0 Å². The molecule has 13 heavy (non-hydrogen) atoms. The molecule has 1 N–H and O–H groups in total. The minimum Gasteiger partial charge on any atom is -0.396 e. The Hall–Kier alpha value is -0.340. The maximum atomic E-state index is 8.71. The van der Waals surface area contributed by atoms with Crippen LogP contribution in [0, 0.1) is 5.92 Å². The fraction of sp³-hybridized carbons (Fsp3) is 0.818. The normalized spacial score (nSPS) is 35.0. The largest absolute Gasteiger partial charge is 0.396 e. The predicted molar refractivity (Wildman–Crippen MR) is 53.6 cm³/mol. The Morgan fingerprint density at radius 3 is 2.77 bits per heavy atom. The lowest BCUT2D eigenvalue weighted by Gasteiger charge is -2.34. The third-order valence-electron chi connectivity index (χ3n) is 2.85. The zero-order valence-corrected chi connectivity index (χ0v) is 8.62. The molecule has 0 saturated carbocycles. The van der Waals surface area contributed by atoms with Crippen LogP contribution in [0.3, 0.4) is 0 Å². The van der Waals surface area contributed by atoms with Gasteiger partial charge in [0.25, 0.3) is 0 Å². The molecule has 0 radical (unpaired) electrons. The number of hydrogen-bond donors (Lipinski definition) is 1. The molecular weight excluding hydrogens is 164 g/mol. The van der Waals surface area contributed by atoms with Gasteiger partial charge >= 0.3 is 0 Å². The molecule has 76 valence electrons. The van der Waals surface area contributed by atoms with Gasteiger partial charge in [-0.25, -0.2) is 0 Å². The van der Waals surface area contributed by atoms with Gasteiger partial charge in [0.15, 0.2) is 0 Å². The molecule has 1 aliphatic rings. The highest BCUT2D eigenvalue weighted by Gasteiger charge is 2.26. The van der Waals surface area contributed by atoms with Crippen molar-refractivity contribution in [2.24, 2.45) is 5.92 Å². The van der Waals surface area contributed by atoms with Crippen LogP contribution in [0.4, 0.5) is 0 Å². The van der Waals surface area contributed by atoms with Crippen molar-refractivity contribution in [3.05, 3.63) is 12.2 Å². The molecule has 0 bridgehead atoms. The highest BCUT2D eigenvalue weighted by Crippen LogP contribution is 2.30. The molecule has 0 aromatic carbocycles. The van der Waals surface area contributed by atoms with Crippen molar-refractivity contribution in [3.8, 4) is 0 Å². The second kappa shape index (κ2) is 4.77. The first-order chi connectivity index (χ1) is 6.15. The first kappa shape index (κ1) is 10.7. The maximum Gasteiger partial charge on any atom is 0.0760 e. The Morgan fingerprint density at radius 2 is 2.23 bits per heavy atom. The van der Waals surface area contributed by atoms with Crippen molar-refractivity contribution in [2.45, 2.75) is 45.3 Å². The van der Waals surface area contributed by atoms with Crippen molar-refractivity contribution in [2.75, 3.05) is 6.61 Å². The maximum absolute atomic E-state index is 8.71. The van der Waals surface area contributed by atoms with Gasteiger partial charge in [-0.1, -0.05) is 13.5 Å². The summed E-state index contributed by atoms with van der Waals surface area (Å²) in [5.41, 5.74) is 1.21. The first-order valence-corrected chi connectivity index (χ1v) is 5.10. The van der Waals surface area contributed by atoms with E-state index < -0.39 is 0 Å². The van der Waals surface area contributed by atoms with E-state index in [1.807, 2.05) is 0 Å². The van der Waals surface area contributed by atoms with Crippen molar-refractivity contribution in [3.63, 3.8) is 0 Å². The highest BCUT2D eigenvalue weighted by molar-refractivity contribution is 5.08. The number of ether oxygens (including phenoxy) is 1. The van der Waals surface area contributed by atoms with E-state index in [0.29, 0.717) is 12.0 Å². The minimum absolute atomic E-state index is 0.187.